The Morgan fingerprint density at radius 2 is 2.32 bits per heavy atom. The quantitative estimate of drug-likeness (QED) is 0.222. The molecule has 0 atom stereocenters. The number of aliphatic imine (C=N–C) groups is 1. The van der Waals surface area contributed by atoms with Gasteiger partial charge in [-0.05, 0) is 19.4 Å². The minimum Gasteiger partial charge on any atom is -0.481 e. The van der Waals surface area contributed by atoms with Crippen LogP contribution in [0.2, 0.25) is 0 Å². The second-order valence-electron chi connectivity index (χ2n) is 3.64. The van der Waals surface area contributed by atoms with Gasteiger partial charge in [-0.25, -0.2) is 10.8 Å². The Balaban J connectivity index is 2.43. The van der Waals surface area contributed by atoms with Crippen molar-refractivity contribution in [1.82, 2.24) is 10.4 Å². The maximum atomic E-state index is 5.40. The SMILES string of the molecule is CCOCCCN=C(NN)Nc1ccc(OC)nc1. The molecule has 19 heavy (non-hydrogen) atoms. The van der Waals surface area contributed by atoms with E-state index in [9.17, 15) is 0 Å². The number of ether oxygens (including phenoxy) is 2. The van der Waals surface area contributed by atoms with E-state index in [4.69, 9.17) is 15.3 Å². The molecule has 1 heterocycles. The lowest BCUT2D eigenvalue weighted by atomic mass is 10.4. The van der Waals surface area contributed by atoms with Crippen molar-refractivity contribution in [2.24, 2.45) is 10.8 Å². The van der Waals surface area contributed by atoms with Crippen molar-refractivity contribution >= 4 is 11.6 Å². The molecule has 0 aliphatic carbocycles. The summed E-state index contributed by atoms with van der Waals surface area (Å²) < 4.78 is 10.2. The lowest BCUT2D eigenvalue weighted by Crippen LogP contribution is -2.36. The van der Waals surface area contributed by atoms with Gasteiger partial charge in [0.2, 0.25) is 11.8 Å². The molecule has 4 N–H and O–H groups in total. The number of aromatic nitrogens is 1. The molecule has 106 valence electrons. The van der Waals surface area contributed by atoms with Crippen molar-refractivity contribution in [3.63, 3.8) is 0 Å². The second kappa shape index (κ2) is 9.12. The number of anilines is 1. The molecule has 0 amide bonds. The largest absolute Gasteiger partial charge is 0.481 e. The van der Waals surface area contributed by atoms with E-state index in [-0.39, 0.29) is 0 Å². The van der Waals surface area contributed by atoms with E-state index in [2.05, 4.69) is 20.7 Å². The van der Waals surface area contributed by atoms with Gasteiger partial charge in [0.05, 0.1) is 19.0 Å². The summed E-state index contributed by atoms with van der Waals surface area (Å²) in [4.78, 5) is 8.36. The molecule has 0 saturated heterocycles. The minimum absolute atomic E-state index is 0.489. The van der Waals surface area contributed by atoms with Crippen LogP contribution in [0.15, 0.2) is 23.3 Å². The van der Waals surface area contributed by atoms with Crippen LogP contribution in [0.1, 0.15) is 13.3 Å². The zero-order valence-corrected chi connectivity index (χ0v) is 11.3. The van der Waals surface area contributed by atoms with Crippen LogP contribution in [0.4, 0.5) is 5.69 Å². The molecule has 0 aliphatic heterocycles. The number of pyridine rings is 1. The van der Waals surface area contributed by atoms with Crippen molar-refractivity contribution in [3.8, 4) is 5.88 Å². The summed E-state index contributed by atoms with van der Waals surface area (Å²) in [5, 5.41) is 3.03. The average molecular weight is 267 g/mol. The molecular formula is C12H21N5O2. The predicted molar refractivity (Wildman–Crippen MR) is 75.1 cm³/mol. The van der Waals surface area contributed by atoms with E-state index in [1.54, 1.807) is 19.4 Å². The highest BCUT2D eigenvalue weighted by molar-refractivity contribution is 5.93. The number of nitrogens with two attached hydrogens (primary N) is 1. The predicted octanol–water partition coefficient (Wildman–Crippen LogP) is 0.748. The van der Waals surface area contributed by atoms with Gasteiger partial charge in [0, 0.05) is 25.8 Å². The van der Waals surface area contributed by atoms with Crippen molar-refractivity contribution in [2.45, 2.75) is 13.3 Å². The summed E-state index contributed by atoms with van der Waals surface area (Å²) in [6.07, 6.45) is 2.49. The van der Waals surface area contributed by atoms with Crippen molar-refractivity contribution < 1.29 is 9.47 Å². The van der Waals surface area contributed by atoms with Crippen LogP contribution in [0, 0.1) is 0 Å². The average Bonchev–Trinajstić information content (AvgIpc) is 2.46. The molecule has 1 rings (SSSR count). The zero-order chi connectivity index (χ0) is 13.9. The number of hydrogen-bond acceptors (Lipinski definition) is 5. The Hall–Kier alpha value is -1.86. The molecule has 0 aliphatic rings. The summed E-state index contributed by atoms with van der Waals surface area (Å²) in [5.74, 6) is 6.44. The normalized spacial score (nSPS) is 11.2. The van der Waals surface area contributed by atoms with E-state index in [0.29, 0.717) is 25.0 Å². The highest BCUT2D eigenvalue weighted by atomic mass is 16.5. The number of methoxy groups -OCH3 is 1. The third-order valence-corrected chi connectivity index (χ3v) is 2.27. The van der Waals surface area contributed by atoms with Crippen LogP contribution in [0.3, 0.4) is 0 Å². The van der Waals surface area contributed by atoms with Gasteiger partial charge in [-0.3, -0.25) is 10.4 Å². The molecule has 0 aromatic carbocycles. The number of nitrogens with one attached hydrogen (secondary N) is 2. The molecular weight excluding hydrogens is 246 g/mol. The first-order valence-electron chi connectivity index (χ1n) is 6.16. The number of rotatable bonds is 7. The highest BCUT2D eigenvalue weighted by Gasteiger charge is 1.99. The van der Waals surface area contributed by atoms with E-state index in [1.807, 2.05) is 13.0 Å². The second-order valence-corrected chi connectivity index (χ2v) is 3.64. The first-order valence-corrected chi connectivity index (χ1v) is 6.16. The first kappa shape index (κ1) is 15.2. The van der Waals surface area contributed by atoms with E-state index >= 15 is 0 Å². The van der Waals surface area contributed by atoms with Gasteiger partial charge in [0.1, 0.15) is 0 Å². The van der Waals surface area contributed by atoms with Crippen molar-refractivity contribution in [1.29, 1.82) is 0 Å². The van der Waals surface area contributed by atoms with Crippen LogP contribution in [0.25, 0.3) is 0 Å². The first-order chi connectivity index (χ1) is 9.30. The topological polar surface area (TPSA) is 93.8 Å². The molecule has 0 radical (unpaired) electrons. The number of guanidine groups is 1. The fourth-order valence-corrected chi connectivity index (χ4v) is 1.33. The van der Waals surface area contributed by atoms with E-state index in [1.165, 1.54) is 0 Å². The van der Waals surface area contributed by atoms with Crippen LogP contribution in [0.5, 0.6) is 5.88 Å². The summed E-state index contributed by atoms with van der Waals surface area (Å²) in [7, 11) is 1.57. The Labute approximate surface area is 113 Å². The Bertz CT molecular complexity index is 380. The fourth-order valence-electron chi connectivity index (χ4n) is 1.33. The molecule has 0 saturated carbocycles. The lowest BCUT2D eigenvalue weighted by Gasteiger charge is -2.09. The van der Waals surface area contributed by atoms with Gasteiger partial charge in [0.25, 0.3) is 0 Å². The Morgan fingerprint density at radius 1 is 1.47 bits per heavy atom. The van der Waals surface area contributed by atoms with E-state index < -0.39 is 0 Å². The molecule has 0 spiro atoms. The van der Waals surface area contributed by atoms with Gasteiger partial charge in [-0.15, -0.1) is 0 Å². The van der Waals surface area contributed by atoms with Gasteiger partial charge in [-0.1, -0.05) is 0 Å². The van der Waals surface area contributed by atoms with Gasteiger partial charge < -0.3 is 14.8 Å². The third kappa shape index (κ3) is 6.03. The van der Waals surface area contributed by atoms with Crippen LogP contribution in [-0.4, -0.2) is 37.8 Å². The lowest BCUT2D eigenvalue weighted by molar-refractivity contribution is 0.146. The summed E-state index contributed by atoms with van der Waals surface area (Å²) in [5.41, 5.74) is 3.29. The molecule has 7 nitrogen and oxygen atoms in total. The minimum atomic E-state index is 0.489. The third-order valence-electron chi connectivity index (χ3n) is 2.27. The smallest absolute Gasteiger partial charge is 0.213 e. The van der Waals surface area contributed by atoms with Crippen LogP contribution >= 0.6 is 0 Å². The monoisotopic (exact) mass is 267 g/mol. The zero-order valence-electron chi connectivity index (χ0n) is 11.3. The maximum absolute atomic E-state index is 5.40. The number of hydrogen-bond donors (Lipinski definition) is 3. The molecule has 0 fully saturated rings. The van der Waals surface area contributed by atoms with Crippen molar-refractivity contribution in [2.75, 3.05) is 32.2 Å². The molecule has 7 heteroatoms. The maximum Gasteiger partial charge on any atom is 0.213 e. The molecule has 1 aromatic heterocycles. The Morgan fingerprint density at radius 3 is 2.89 bits per heavy atom. The van der Waals surface area contributed by atoms with Crippen LogP contribution < -0.4 is 21.3 Å². The summed E-state index contributed by atoms with van der Waals surface area (Å²) in [6.45, 7) is 4.02. The Kier molecular flexibility index (Phi) is 7.30. The fraction of sp³-hybridized carbons (Fsp3) is 0.500. The highest BCUT2D eigenvalue weighted by Crippen LogP contribution is 2.10. The number of nitrogens with zero attached hydrogens (tertiary/aromatic N) is 2. The summed E-state index contributed by atoms with van der Waals surface area (Å²) in [6, 6.07) is 3.59. The standard InChI is InChI=1S/C12H21N5O2/c1-3-19-8-4-7-14-12(17-13)16-10-5-6-11(18-2)15-9-10/h5-6,9H,3-4,7-8,13H2,1-2H3,(H2,14,16,17). The molecule has 0 unspecified atom stereocenters. The van der Waals surface area contributed by atoms with Gasteiger partial charge >= 0.3 is 0 Å². The van der Waals surface area contributed by atoms with Crippen molar-refractivity contribution in [3.05, 3.63) is 18.3 Å². The van der Waals surface area contributed by atoms with Gasteiger partial charge in [0.15, 0.2) is 0 Å². The van der Waals surface area contributed by atoms with Gasteiger partial charge in [-0.2, -0.15) is 0 Å². The molecule has 0 bridgehead atoms. The van der Waals surface area contributed by atoms with E-state index in [0.717, 1.165) is 18.7 Å². The van der Waals surface area contributed by atoms with Crippen LogP contribution in [-0.2, 0) is 4.74 Å². The summed E-state index contributed by atoms with van der Waals surface area (Å²) >= 11 is 0. The molecule has 1 aromatic rings. The number of hydrazine groups is 1.